The predicted octanol–water partition coefficient (Wildman–Crippen LogP) is 1.97. The maximum absolute atomic E-state index is 11.8. The molecule has 5 nitrogen and oxygen atoms in total. The monoisotopic (exact) mass is 271 g/mol. The van der Waals surface area contributed by atoms with Crippen molar-refractivity contribution in [2.24, 2.45) is 0 Å². The van der Waals surface area contributed by atoms with Crippen molar-refractivity contribution in [2.45, 2.75) is 45.7 Å². The molecule has 0 fully saturated rings. The Labute approximate surface area is 112 Å². The number of aliphatic hydroxyl groups is 1. The number of hydrogen-bond acceptors (Lipinski definition) is 4. The van der Waals surface area contributed by atoms with Gasteiger partial charge in [0.1, 0.15) is 5.01 Å². The number of aliphatic hydroxyl groups excluding tert-OH is 1. The summed E-state index contributed by atoms with van der Waals surface area (Å²) in [7, 11) is 0. The Hall–Kier alpha value is -1.14. The number of amides is 2. The van der Waals surface area contributed by atoms with Crippen molar-refractivity contribution in [3.8, 4) is 0 Å². The van der Waals surface area contributed by atoms with Gasteiger partial charge in [-0.25, -0.2) is 9.78 Å². The highest BCUT2D eigenvalue weighted by Crippen LogP contribution is 2.17. The number of urea groups is 1. The fraction of sp³-hybridized carbons (Fsp3) is 0.667. The van der Waals surface area contributed by atoms with Gasteiger partial charge in [0.2, 0.25) is 0 Å². The zero-order valence-electron chi connectivity index (χ0n) is 11.1. The highest BCUT2D eigenvalue weighted by atomic mass is 32.1. The van der Waals surface area contributed by atoms with Crippen molar-refractivity contribution in [1.82, 2.24) is 15.6 Å². The summed E-state index contributed by atoms with van der Waals surface area (Å²) < 4.78 is 0. The normalized spacial score (nSPS) is 14.0. The molecular formula is C12H21N3O2S. The summed E-state index contributed by atoms with van der Waals surface area (Å²) in [6.07, 6.45) is 1.38. The third-order valence-corrected chi connectivity index (χ3v) is 3.81. The average Bonchev–Trinajstić information content (AvgIpc) is 2.75. The van der Waals surface area contributed by atoms with Gasteiger partial charge < -0.3 is 15.7 Å². The smallest absolute Gasteiger partial charge is 0.315 e. The van der Waals surface area contributed by atoms with Gasteiger partial charge in [-0.1, -0.05) is 6.92 Å². The van der Waals surface area contributed by atoms with E-state index in [4.69, 9.17) is 5.11 Å². The molecule has 2 unspecified atom stereocenters. The molecule has 0 aliphatic heterocycles. The molecule has 1 rings (SSSR count). The van der Waals surface area contributed by atoms with E-state index in [1.807, 2.05) is 26.2 Å². The summed E-state index contributed by atoms with van der Waals surface area (Å²) in [5.41, 5.74) is 0.968. The van der Waals surface area contributed by atoms with Crippen LogP contribution in [0.3, 0.4) is 0 Å². The topological polar surface area (TPSA) is 74.2 Å². The van der Waals surface area contributed by atoms with Gasteiger partial charge in [-0.3, -0.25) is 0 Å². The van der Waals surface area contributed by atoms with E-state index in [-0.39, 0.29) is 24.7 Å². The number of nitrogens with one attached hydrogen (secondary N) is 2. The Bertz CT molecular complexity index is 381. The minimum atomic E-state index is -0.212. The van der Waals surface area contributed by atoms with Gasteiger partial charge in [-0.15, -0.1) is 11.3 Å². The van der Waals surface area contributed by atoms with Gasteiger partial charge in [0.05, 0.1) is 6.04 Å². The van der Waals surface area contributed by atoms with Gasteiger partial charge >= 0.3 is 6.03 Å². The number of aromatic nitrogens is 1. The Balaban J connectivity index is 2.44. The molecule has 0 saturated heterocycles. The lowest BCUT2D eigenvalue weighted by molar-refractivity contribution is 0.225. The number of carbonyl (C=O) groups is 1. The number of carbonyl (C=O) groups excluding carboxylic acids is 1. The number of rotatable bonds is 6. The first-order valence-electron chi connectivity index (χ1n) is 6.16. The van der Waals surface area contributed by atoms with Crippen LogP contribution in [0.1, 0.15) is 43.4 Å². The molecule has 0 bridgehead atoms. The zero-order valence-corrected chi connectivity index (χ0v) is 11.9. The van der Waals surface area contributed by atoms with E-state index in [1.54, 1.807) is 11.3 Å². The lowest BCUT2D eigenvalue weighted by Crippen LogP contribution is -2.43. The third-order valence-electron chi connectivity index (χ3n) is 2.66. The Kier molecular flexibility index (Phi) is 6.07. The first-order valence-corrected chi connectivity index (χ1v) is 7.04. The zero-order chi connectivity index (χ0) is 13.5. The van der Waals surface area contributed by atoms with Crippen LogP contribution in [0.4, 0.5) is 4.79 Å². The summed E-state index contributed by atoms with van der Waals surface area (Å²) in [6, 6.07) is -0.300. The van der Waals surface area contributed by atoms with Gasteiger partial charge in [-0.2, -0.15) is 0 Å². The molecule has 6 heteroatoms. The maximum Gasteiger partial charge on any atom is 0.315 e. The molecule has 1 aromatic heterocycles. The molecule has 2 amide bonds. The van der Waals surface area contributed by atoms with Crippen LogP contribution in [0.2, 0.25) is 0 Å². The van der Waals surface area contributed by atoms with E-state index in [2.05, 4.69) is 15.6 Å². The lowest BCUT2D eigenvalue weighted by atomic mass is 10.2. The summed E-state index contributed by atoms with van der Waals surface area (Å²) in [5, 5.41) is 17.4. The Morgan fingerprint density at radius 1 is 1.56 bits per heavy atom. The Morgan fingerprint density at radius 3 is 2.78 bits per heavy atom. The van der Waals surface area contributed by atoms with E-state index in [0.717, 1.165) is 17.1 Å². The summed E-state index contributed by atoms with van der Waals surface area (Å²) in [6.45, 7) is 5.90. The van der Waals surface area contributed by atoms with Crippen molar-refractivity contribution in [1.29, 1.82) is 0 Å². The molecular weight excluding hydrogens is 250 g/mol. The quantitative estimate of drug-likeness (QED) is 0.740. The summed E-state index contributed by atoms with van der Waals surface area (Å²) in [4.78, 5) is 16.1. The number of hydrogen-bond donors (Lipinski definition) is 3. The van der Waals surface area contributed by atoms with Crippen LogP contribution in [0.15, 0.2) is 5.38 Å². The molecule has 0 aliphatic rings. The summed E-state index contributed by atoms with van der Waals surface area (Å²) >= 11 is 1.54. The molecule has 102 valence electrons. The molecule has 1 aromatic rings. The molecule has 1 heterocycles. The molecule has 0 radical (unpaired) electrons. The van der Waals surface area contributed by atoms with E-state index in [9.17, 15) is 4.79 Å². The first kappa shape index (κ1) is 14.9. The van der Waals surface area contributed by atoms with E-state index >= 15 is 0 Å². The van der Waals surface area contributed by atoms with Crippen LogP contribution < -0.4 is 10.6 Å². The fourth-order valence-electron chi connectivity index (χ4n) is 1.59. The van der Waals surface area contributed by atoms with Crippen molar-refractivity contribution < 1.29 is 9.90 Å². The highest BCUT2D eigenvalue weighted by molar-refractivity contribution is 7.09. The minimum absolute atomic E-state index is 0.0141. The fourth-order valence-corrected chi connectivity index (χ4v) is 2.39. The lowest BCUT2D eigenvalue weighted by Gasteiger charge is -2.18. The van der Waals surface area contributed by atoms with Gasteiger partial charge in [0.15, 0.2) is 0 Å². The van der Waals surface area contributed by atoms with Crippen molar-refractivity contribution in [3.63, 3.8) is 0 Å². The average molecular weight is 271 g/mol. The van der Waals surface area contributed by atoms with Crippen LogP contribution >= 0.6 is 11.3 Å². The van der Waals surface area contributed by atoms with Gasteiger partial charge in [-0.05, 0) is 26.7 Å². The second-order valence-electron chi connectivity index (χ2n) is 4.28. The molecule has 0 aromatic carbocycles. The van der Waals surface area contributed by atoms with Crippen molar-refractivity contribution >= 4 is 17.4 Å². The SMILES string of the molecule is CCC(CCO)NC(=O)NC(C)c1nc(C)cs1. The van der Waals surface area contributed by atoms with Crippen LogP contribution in [0.5, 0.6) is 0 Å². The van der Waals surface area contributed by atoms with Gasteiger partial charge in [0, 0.05) is 23.7 Å². The van der Waals surface area contributed by atoms with Crippen LogP contribution in [0, 0.1) is 6.92 Å². The standard InChI is InChI=1S/C12H21N3O2S/c1-4-10(5-6-16)15-12(17)14-9(3)11-13-8(2)7-18-11/h7,9-10,16H,4-6H2,1-3H3,(H2,14,15,17). The van der Waals surface area contributed by atoms with Crippen LogP contribution in [0.25, 0.3) is 0 Å². The van der Waals surface area contributed by atoms with Crippen molar-refractivity contribution in [3.05, 3.63) is 16.1 Å². The predicted molar refractivity (Wildman–Crippen MR) is 72.7 cm³/mol. The van der Waals surface area contributed by atoms with Crippen molar-refractivity contribution in [2.75, 3.05) is 6.61 Å². The third kappa shape index (κ3) is 4.62. The molecule has 2 atom stereocenters. The number of thiazole rings is 1. The summed E-state index contributed by atoms with van der Waals surface area (Å²) in [5.74, 6) is 0. The largest absolute Gasteiger partial charge is 0.396 e. The van der Waals surface area contributed by atoms with Crippen LogP contribution in [-0.2, 0) is 0 Å². The maximum atomic E-state index is 11.8. The Morgan fingerprint density at radius 2 is 2.28 bits per heavy atom. The van der Waals surface area contributed by atoms with Crippen LogP contribution in [-0.4, -0.2) is 28.8 Å². The van der Waals surface area contributed by atoms with E-state index < -0.39 is 0 Å². The molecule has 0 saturated carbocycles. The second-order valence-corrected chi connectivity index (χ2v) is 5.17. The number of nitrogens with zero attached hydrogens (tertiary/aromatic N) is 1. The van der Waals surface area contributed by atoms with E-state index in [1.165, 1.54) is 0 Å². The molecule has 0 spiro atoms. The molecule has 0 aliphatic carbocycles. The second kappa shape index (κ2) is 7.33. The molecule has 3 N–H and O–H groups in total. The first-order chi connectivity index (χ1) is 8.56. The number of aryl methyl sites for hydroxylation is 1. The molecule has 18 heavy (non-hydrogen) atoms. The van der Waals surface area contributed by atoms with Gasteiger partial charge in [0.25, 0.3) is 0 Å². The highest BCUT2D eigenvalue weighted by Gasteiger charge is 2.14. The minimum Gasteiger partial charge on any atom is -0.396 e. The van der Waals surface area contributed by atoms with E-state index in [0.29, 0.717) is 6.42 Å².